The number of benzene rings is 1. The summed E-state index contributed by atoms with van der Waals surface area (Å²) >= 11 is 0. The number of imidazole rings is 1. The van der Waals surface area contributed by atoms with Crippen molar-refractivity contribution in [1.29, 1.82) is 5.26 Å². The Hall–Kier alpha value is -3.07. The number of fused-ring (bicyclic) bond motifs is 3. The average molecular weight is 336 g/mol. The molecule has 3 aromatic rings. The van der Waals surface area contributed by atoms with E-state index >= 15 is 0 Å². The molecule has 0 saturated carbocycles. The van der Waals surface area contributed by atoms with Gasteiger partial charge in [-0.2, -0.15) is 5.26 Å². The first kappa shape index (κ1) is 16.8. The van der Waals surface area contributed by atoms with Gasteiger partial charge in [-0.25, -0.2) is 4.98 Å². The van der Waals surface area contributed by atoms with Crippen molar-refractivity contribution in [3.8, 4) is 6.07 Å². The molecule has 2 aromatic heterocycles. The second-order valence-corrected chi connectivity index (χ2v) is 5.84. The first-order valence-corrected chi connectivity index (χ1v) is 8.23. The molecule has 0 saturated heterocycles. The fourth-order valence-corrected chi connectivity index (χ4v) is 3.07. The topological polar surface area (TPSA) is 70.6 Å². The summed E-state index contributed by atoms with van der Waals surface area (Å²) in [5, 5.41) is 9.56. The minimum Gasteiger partial charge on any atom is -0.469 e. The molecule has 3 rings (SSSR count). The van der Waals surface area contributed by atoms with E-state index in [4.69, 9.17) is 4.74 Å². The zero-order valence-corrected chi connectivity index (χ0v) is 14.6. The van der Waals surface area contributed by atoms with Gasteiger partial charge in [-0.05, 0) is 37.6 Å². The van der Waals surface area contributed by atoms with E-state index in [2.05, 4.69) is 16.0 Å². The summed E-state index contributed by atoms with van der Waals surface area (Å²) in [6.07, 6.45) is 0.303. The van der Waals surface area contributed by atoms with Crippen LogP contribution in [0.3, 0.4) is 0 Å². The van der Waals surface area contributed by atoms with Crippen molar-refractivity contribution in [3.63, 3.8) is 0 Å². The monoisotopic (exact) mass is 336 g/mol. The van der Waals surface area contributed by atoms with E-state index in [-0.39, 0.29) is 5.97 Å². The molecule has 0 unspecified atom stereocenters. The lowest BCUT2D eigenvalue weighted by molar-refractivity contribution is -0.140. The van der Waals surface area contributed by atoms with Crippen LogP contribution in [-0.2, 0) is 9.53 Å². The summed E-state index contributed by atoms with van der Waals surface area (Å²) < 4.78 is 6.76. The smallest absolute Gasteiger partial charge is 0.307 e. The highest BCUT2D eigenvalue weighted by molar-refractivity contribution is 5.85. The zero-order chi connectivity index (χ0) is 18.0. The molecule has 1 aromatic carbocycles. The third kappa shape index (κ3) is 2.89. The Bertz CT molecular complexity index is 984. The number of carbonyl (C=O) groups is 1. The van der Waals surface area contributed by atoms with Crippen LogP contribution in [0, 0.1) is 18.3 Å². The lowest BCUT2D eigenvalue weighted by Crippen LogP contribution is -2.28. The normalized spacial score (nSPS) is 10.8. The van der Waals surface area contributed by atoms with Crippen molar-refractivity contribution in [3.05, 3.63) is 41.5 Å². The van der Waals surface area contributed by atoms with E-state index < -0.39 is 0 Å². The van der Waals surface area contributed by atoms with Crippen LogP contribution in [-0.4, -0.2) is 35.6 Å². The van der Waals surface area contributed by atoms with Crippen molar-refractivity contribution < 1.29 is 9.53 Å². The Balaban J connectivity index is 2.23. The number of ether oxygens (including phenoxy) is 1. The Morgan fingerprint density at radius 3 is 2.84 bits per heavy atom. The molecule has 0 aliphatic rings. The molecule has 0 fully saturated rings. The van der Waals surface area contributed by atoms with Gasteiger partial charge in [0.25, 0.3) is 0 Å². The predicted molar refractivity (Wildman–Crippen MR) is 96.7 cm³/mol. The van der Waals surface area contributed by atoms with Gasteiger partial charge in [0.15, 0.2) is 5.65 Å². The van der Waals surface area contributed by atoms with Gasteiger partial charge in [0.05, 0.1) is 30.1 Å². The van der Waals surface area contributed by atoms with E-state index in [0.717, 1.165) is 29.0 Å². The maximum atomic E-state index is 11.5. The lowest BCUT2D eigenvalue weighted by atomic mass is 10.1. The van der Waals surface area contributed by atoms with Gasteiger partial charge in [-0.3, -0.25) is 9.20 Å². The van der Waals surface area contributed by atoms with Gasteiger partial charge in [0.2, 0.25) is 0 Å². The number of esters is 1. The predicted octanol–water partition coefficient (Wildman–Crippen LogP) is 3.06. The third-order valence-electron chi connectivity index (χ3n) is 4.38. The summed E-state index contributed by atoms with van der Waals surface area (Å²) in [6, 6.07) is 12.1. The van der Waals surface area contributed by atoms with E-state index in [1.807, 2.05) is 48.6 Å². The number of pyridine rings is 1. The number of aryl methyl sites for hydroxylation is 1. The van der Waals surface area contributed by atoms with Crippen LogP contribution >= 0.6 is 0 Å². The van der Waals surface area contributed by atoms with Crippen LogP contribution in [0.15, 0.2) is 30.3 Å². The standard InChI is InChI=1S/C19H20N4O2/c1-4-22(10-9-18(24)25-3)17-11-13(2)14(12-20)19-21-15-7-5-6-8-16(15)23(17)19/h5-8,11H,4,9-10H2,1-3H3. The van der Waals surface area contributed by atoms with Crippen LogP contribution in [0.2, 0.25) is 0 Å². The number of methoxy groups -OCH3 is 1. The first-order valence-electron chi connectivity index (χ1n) is 8.23. The molecule has 0 spiro atoms. The molecule has 2 heterocycles. The van der Waals surface area contributed by atoms with Gasteiger partial charge in [0, 0.05) is 13.1 Å². The fourth-order valence-electron chi connectivity index (χ4n) is 3.07. The van der Waals surface area contributed by atoms with Crippen molar-refractivity contribution >= 4 is 28.5 Å². The number of hydrogen-bond acceptors (Lipinski definition) is 5. The molecule has 25 heavy (non-hydrogen) atoms. The van der Waals surface area contributed by atoms with Gasteiger partial charge in [-0.1, -0.05) is 12.1 Å². The Labute approximate surface area is 146 Å². The maximum Gasteiger partial charge on any atom is 0.307 e. The Morgan fingerprint density at radius 2 is 2.16 bits per heavy atom. The highest BCUT2D eigenvalue weighted by Gasteiger charge is 2.18. The molecule has 0 aliphatic carbocycles. The molecule has 0 bridgehead atoms. The molecule has 0 amide bonds. The molecule has 0 aliphatic heterocycles. The van der Waals surface area contributed by atoms with Crippen LogP contribution in [0.25, 0.3) is 16.7 Å². The van der Waals surface area contributed by atoms with Crippen molar-refractivity contribution in [2.24, 2.45) is 0 Å². The zero-order valence-electron chi connectivity index (χ0n) is 14.6. The molecule has 0 atom stereocenters. The van der Waals surface area contributed by atoms with Crippen molar-refractivity contribution in [2.75, 3.05) is 25.1 Å². The summed E-state index contributed by atoms with van der Waals surface area (Å²) in [5.74, 6) is 0.683. The quantitative estimate of drug-likeness (QED) is 0.670. The van der Waals surface area contributed by atoms with E-state index in [1.165, 1.54) is 7.11 Å². The number of aromatic nitrogens is 2. The number of nitrogens with zero attached hydrogens (tertiary/aromatic N) is 4. The van der Waals surface area contributed by atoms with E-state index in [9.17, 15) is 10.1 Å². The number of anilines is 1. The van der Waals surface area contributed by atoms with Gasteiger partial charge in [0.1, 0.15) is 11.9 Å². The molecule has 6 nitrogen and oxygen atoms in total. The minimum atomic E-state index is -0.240. The number of hydrogen-bond donors (Lipinski definition) is 0. The molecule has 6 heteroatoms. The summed E-state index contributed by atoms with van der Waals surface area (Å²) in [7, 11) is 1.39. The van der Waals surface area contributed by atoms with Crippen molar-refractivity contribution in [2.45, 2.75) is 20.3 Å². The van der Waals surface area contributed by atoms with Crippen molar-refractivity contribution in [1.82, 2.24) is 9.38 Å². The van der Waals surface area contributed by atoms with E-state index in [0.29, 0.717) is 24.2 Å². The fraction of sp³-hybridized carbons (Fsp3) is 0.316. The molecule has 0 N–H and O–H groups in total. The van der Waals surface area contributed by atoms with E-state index in [1.54, 1.807) is 0 Å². The van der Waals surface area contributed by atoms with Crippen LogP contribution in [0.4, 0.5) is 5.82 Å². The molecule has 0 radical (unpaired) electrons. The number of carbonyl (C=O) groups excluding carboxylic acids is 1. The van der Waals surface area contributed by atoms with Gasteiger partial charge in [-0.15, -0.1) is 0 Å². The molecule has 128 valence electrons. The van der Waals surface area contributed by atoms with Crippen LogP contribution in [0.1, 0.15) is 24.5 Å². The van der Waals surface area contributed by atoms with Gasteiger partial charge >= 0.3 is 5.97 Å². The first-order chi connectivity index (χ1) is 12.1. The molecular formula is C19H20N4O2. The number of nitriles is 1. The average Bonchev–Trinajstić information content (AvgIpc) is 3.01. The maximum absolute atomic E-state index is 11.5. The lowest BCUT2D eigenvalue weighted by Gasteiger charge is -2.25. The molecular weight excluding hydrogens is 316 g/mol. The Morgan fingerprint density at radius 1 is 1.40 bits per heavy atom. The number of rotatable bonds is 5. The minimum absolute atomic E-state index is 0.240. The highest BCUT2D eigenvalue weighted by Crippen LogP contribution is 2.28. The Kier molecular flexibility index (Phi) is 4.57. The summed E-state index contributed by atoms with van der Waals surface area (Å²) in [4.78, 5) is 18.3. The second kappa shape index (κ2) is 6.81. The SMILES string of the molecule is CCN(CCC(=O)OC)c1cc(C)c(C#N)c2nc3ccccc3n12. The highest BCUT2D eigenvalue weighted by atomic mass is 16.5. The number of para-hydroxylation sites is 2. The third-order valence-corrected chi connectivity index (χ3v) is 4.38. The van der Waals surface area contributed by atoms with Gasteiger partial charge < -0.3 is 9.64 Å². The summed E-state index contributed by atoms with van der Waals surface area (Å²) in [6.45, 7) is 5.21. The summed E-state index contributed by atoms with van der Waals surface area (Å²) in [5.41, 5.74) is 3.88. The van der Waals surface area contributed by atoms with Crippen LogP contribution in [0.5, 0.6) is 0 Å². The van der Waals surface area contributed by atoms with Crippen LogP contribution < -0.4 is 4.90 Å². The largest absolute Gasteiger partial charge is 0.469 e. The second-order valence-electron chi connectivity index (χ2n) is 5.84.